The molecule has 1 aliphatic heterocycles. The second kappa shape index (κ2) is 6.02. The quantitative estimate of drug-likeness (QED) is 0.655. The summed E-state index contributed by atoms with van der Waals surface area (Å²) in [4.78, 5) is 38.7. The monoisotopic (exact) mass is 340 g/mol. The average molecular weight is 340 g/mol. The third-order valence-electron chi connectivity index (χ3n) is 5.32. The number of amides is 3. The van der Waals surface area contributed by atoms with Crippen LogP contribution in [0.1, 0.15) is 13.3 Å². The van der Waals surface area contributed by atoms with E-state index in [2.05, 4.69) is 5.32 Å². The van der Waals surface area contributed by atoms with Gasteiger partial charge >= 0.3 is 0 Å². The molecule has 130 valence electrons. The van der Waals surface area contributed by atoms with Crippen LogP contribution >= 0.6 is 0 Å². The number of para-hydroxylation sites is 2. The van der Waals surface area contributed by atoms with E-state index in [1.807, 2.05) is 25.1 Å². The van der Waals surface area contributed by atoms with Crippen LogP contribution in [0.5, 0.6) is 5.75 Å². The van der Waals surface area contributed by atoms with Gasteiger partial charge in [0.2, 0.25) is 17.7 Å². The van der Waals surface area contributed by atoms with Gasteiger partial charge in [0.05, 0.1) is 24.1 Å². The Labute approximate surface area is 145 Å². The lowest BCUT2D eigenvalue weighted by molar-refractivity contribution is -0.143. The Morgan fingerprint density at radius 1 is 1.16 bits per heavy atom. The van der Waals surface area contributed by atoms with Crippen LogP contribution in [0.3, 0.4) is 0 Å². The van der Waals surface area contributed by atoms with Gasteiger partial charge in [0.1, 0.15) is 12.3 Å². The molecule has 0 spiro atoms. The van der Waals surface area contributed by atoms with Gasteiger partial charge in [-0.1, -0.05) is 24.3 Å². The minimum atomic E-state index is -0.394. The molecule has 1 N–H and O–H groups in total. The molecule has 2 fully saturated rings. The fraction of sp³-hybridized carbons (Fsp3) is 0.421. The summed E-state index contributed by atoms with van der Waals surface area (Å²) in [6.07, 6.45) is 4.96. The molecule has 1 aromatic carbocycles. The van der Waals surface area contributed by atoms with Crippen LogP contribution in [0.15, 0.2) is 36.4 Å². The first kappa shape index (κ1) is 15.9. The second-order valence-corrected chi connectivity index (χ2v) is 6.74. The number of carbonyl (C=O) groups is 3. The zero-order chi connectivity index (χ0) is 17.6. The normalized spacial score (nSPS) is 29.2. The minimum Gasteiger partial charge on any atom is -0.492 e. The van der Waals surface area contributed by atoms with Gasteiger partial charge in [0.15, 0.2) is 0 Å². The third-order valence-corrected chi connectivity index (χ3v) is 5.32. The number of likely N-dealkylation sites (tertiary alicyclic amines) is 1. The Hall–Kier alpha value is -2.63. The van der Waals surface area contributed by atoms with E-state index in [9.17, 15) is 14.4 Å². The van der Waals surface area contributed by atoms with E-state index in [0.29, 0.717) is 18.0 Å². The SMILES string of the molecule is CCOc1ccccc1NC(=O)CN1C(=O)C2C3C=CC(C3)C2C1=O. The minimum absolute atomic E-state index is 0.151. The van der Waals surface area contributed by atoms with Gasteiger partial charge in [0, 0.05) is 0 Å². The predicted octanol–water partition coefficient (Wildman–Crippen LogP) is 1.83. The summed E-state index contributed by atoms with van der Waals surface area (Å²) in [5.74, 6) is -0.487. The lowest BCUT2D eigenvalue weighted by Gasteiger charge is -2.17. The van der Waals surface area contributed by atoms with Crippen molar-refractivity contribution in [2.45, 2.75) is 13.3 Å². The lowest BCUT2D eigenvalue weighted by Crippen LogP contribution is -2.39. The summed E-state index contributed by atoms with van der Waals surface area (Å²) in [7, 11) is 0. The number of benzene rings is 1. The summed E-state index contributed by atoms with van der Waals surface area (Å²) in [6, 6.07) is 7.10. The number of carbonyl (C=O) groups excluding carboxylic acids is 3. The molecule has 1 heterocycles. The number of nitrogens with zero attached hydrogens (tertiary/aromatic N) is 1. The molecular formula is C19H20N2O4. The summed E-state index contributed by atoms with van der Waals surface area (Å²) in [5.41, 5.74) is 0.537. The number of fused-ring (bicyclic) bond motifs is 5. The summed E-state index contributed by atoms with van der Waals surface area (Å²) in [5, 5.41) is 2.74. The standard InChI is InChI=1S/C19H20N2O4/c1-2-25-14-6-4-3-5-13(14)20-15(22)10-21-18(23)16-11-7-8-12(9-11)17(16)19(21)24/h3-8,11-12,16-17H,2,9-10H2,1H3,(H,20,22). The molecule has 6 heteroatoms. The molecule has 3 aliphatic rings. The molecule has 0 aromatic heterocycles. The van der Waals surface area contributed by atoms with Crippen molar-refractivity contribution in [1.82, 2.24) is 4.90 Å². The highest BCUT2D eigenvalue weighted by molar-refractivity contribution is 6.09. The molecule has 3 amide bonds. The highest BCUT2D eigenvalue weighted by atomic mass is 16.5. The average Bonchev–Trinajstić information content (AvgIpc) is 3.27. The maximum atomic E-state index is 12.6. The molecule has 4 atom stereocenters. The van der Waals surface area contributed by atoms with E-state index in [1.54, 1.807) is 18.2 Å². The Kier molecular flexibility index (Phi) is 3.82. The van der Waals surface area contributed by atoms with E-state index >= 15 is 0 Å². The number of rotatable bonds is 5. The maximum Gasteiger partial charge on any atom is 0.244 e. The highest BCUT2D eigenvalue weighted by Crippen LogP contribution is 2.52. The Morgan fingerprint density at radius 2 is 1.80 bits per heavy atom. The topological polar surface area (TPSA) is 75.7 Å². The Balaban J connectivity index is 1.46. The molecule has 4 rings (SSSR count). The number of allylic oxidation sites excluding steroid dienone is 2. The predicted molar refractivity (Wildman–Crippen MR) is 90.7 cm³/mol. The molecule has 1 saturated carbocycles. The van der Waals surface area contributed by atoms with E-state index in [4.69, 9.17) is 4.74 Å². The molecule has 6 nitrogen and oxygen atoms in total. The van der Waals surface area contributed by atoms with Gasteiger partial charge in [-0.25, -0.2) is 0 Å². The molecule has 1 saturated heterocycles. The molecule has 4 unspecified atom stereocenters. The number of nitrogens with one attached hydrogen (secondary N) is 1. The van der Waals surface area contributed by atoms with Crippen molar-refractivity contribution in [3.8, 4) is 5.75 Å². The van der Waals surface area contributed by atoms with Crippen molar-refractivity contribution in [1.29, 1.82) is 0 Å². The van der Waals surface area contributed by atoms with Crippen molar-refractivity contribution < 1.29 is 19.1 Å². The van der Waals surface area contributed by atoms with E-state index < -0.39 is 5.91 Å². The largest absolute Gasteiger partial charge is 0.492 e. The van der Waals surface area contributed by atoms with Crippen LogP contribution in [-0.4, -0.2) is 35.8 Å². The summed E-state index contributed by atoms with van der Waals surface area (Å²) >= 11 is 0. The smallest absolute Gasteiger partial charge is 0.244 e. The molecular weight excluding hydrogens is 320 g/mol. The number of anilines is 1. The molecule has 0 radical (unpaired) electrons. The van der Waals surface area contributed by atoms with Crippen LogP contribution in [0.2, 0.25) is 0 Å². The van der Waals surface area contributed by atoms with Crippen LogP contribution in [-0.2, 0) is 14.4 Å². The Bertz CT molecular complexity index is 742. The number of hydrogen-bond donors (Lipinski definition) is 1. The number of ether oxygens (including phenoxy) is 1. The van der Waals surface area contributed by atoms with E-state index in [1.165, 1.54) is 0 Å². The van der Waals surface area contributed by atoms with Crippen molar-refractivity contribution in [3.05, 3.63) is 36.4 Å². The van der Waals surface area contributed by atoms with Crippen LogP contribution in [0, 0.1) is 23.7 Å². The van der Waals surface area contributed by atoms with Crippen molar-refractivity contribution in [3.63, 3.8) is 0 Å². The maximum absolute atomic E-state index is 12.6. The first-order valence-electron chi connectivity index (χ1n) is 8.65. The molecule has 1 aromatic rings. The lowest BCUT2D eigenvalue weighted by atomic mass is 9.85. The second-order valence-electron chi connectivity index (χ2n) is 6.74. The van der Waals surface area contributed by atoms with Crippen molar-refractivity contribution in [2.75, 3.05) is 18.5 Å². The van der Waals surface area contributed by atoms with Crippen LogP contribution in [0.25, 0.3) is 0 Å². The zero-order valence-corrected chi connectivity index (χ0v) is 14.0. The van der Waals surface area contributed by atoms with E-state index in [0.717, 1.165) is 11.3 Å². The van der Waals surface area contributed by atoms with Gasteiger partial charge < -0.3 is 10.1 Å². The first-order chi connectivity index (χ1) is 12.1. The van der Waals surface area contributed by atoms with Crippen LogP contribution < -0.4 is 10.1 Å². The Morgan fingerprint density at radius 3 is 2.44 bits per heavy atom. The fourth-order valence-corrected chi connectivity index (χ4v) is 4.30. The summed E-state index contributed by atoms with van der Waals surface area (Å²) in [6.45, 7) is 2.10. The van der Waals surface area contributed by atoms with Crippen molar-refractivity contribution >= 4 is 23.4 Å². The summed E-state index contributed by atoms with van der Waals surface area (Å²) < 4.78 is 5.48. The fourth-order valence-electron chi connectivity index (χ4n) is 4.30. The molecule has 2 aliphatic carbocycles. The van der Waals surface area contributed by atoms with Gasteiger partial charge in [-0.3, -0.25) is 19.3 Å². The first-order valence-corrected chi connectivity index (χ1v) is 8.65. The van der Waals surface area contributed by atoms with Gasteiger partial charge in [-0.05, 0) is 37.3 Å². The molecule has 25 heavy (non-hydrogen) atoms. The van der Waals surface area contributed by atoms with E-state index in [-0.39, 0.29) is 42.0 Å². The third kappa shape index (κ3) is 2.52. The van der Waals surface area contributed by atoms with Crippen LogP contribution in [0.4, 0.5) is 5.69 Å². The highest BCUT2D eigenvalue weighted by Gasteiger charge is 2.59. The van der Waals surface area contributed by atoms with Crippen molar-refractivity contribution in [2.24, 2.45) is 23.7 Å². The number of imide groups is 1. The van der Waals surface area contributed by atoms with Gasteiger partial charge in [-0.15, -0.1) is 0 Å². The zero-order valence-electron chi connectivity index (χ0n) is 14.0. The molecule has 2 bridgehead atoms. The van der Waals surface area contributed by atoms with Gasteiger partial charge in [0.25, 0.3) is 0 Å². The number of hydrogen-bond acceptors (Lipinski definition) is 4. The van der Waals surface area contributed by atoms with Gasteiger partial charge in [-0.2, -0.15) is 0 Å².